The van der Waals surface area contributed by atoms with E-state index in [0.29, 0.717) is 0 Å². The number of rotatable bonds is 0. The maximum atomic E-state index is 11.8. The molecule has 2 unspecified atom stereocenters. The van der Waals surface area contributed by atoms with Gasteiger partial charge in [0.05, 0.1) is 25.2 Å². The van der Waals surface area contributed by atoms with Crippen LogP contribution in [-0.2, 0) is 0 Å². The number of hydrogen-bond donors (Lipinski definition) is 1. The van der Waals surface area contributed by atoms with Crippen molar-refractivity contribution in [1.29, 1.82) is 0 Å². The zero-order valence-corrected chi connectivity index (χ0v) is 8.09. The predicted molar refractivity (Wildman–Crippen MR) is 48.9 cm³/mol. The molecule has 2 atom stereocenters. The monoisotopic (exact) mass is 193 g/mol. The summed E-state index contributed by atoms with van der Waals surface area (Å²) in [6, 6.07) is 0.368. The molecule has 0 aliphatic carbocycles. The van der Waals surface area contributed by atoms with Crippen molar-refractivity contribution in [2.75, 3.05) is 7.05 Å². The van der Waals surface area contributed by atoms with Gasteiger partial charge in [0.2, 0.25) is 0 Å². The Kier molecular flexibility index (Phi) is 2.69. The third-order valence-corrected chi connectivity index (χ3v) is 3.37. The van der Waals surface area contributed by atoms with E-state index in [0.717, 1.165) is 25.7 Å². The Morgan fingerprint density at radius 1 is 1.25 bits per heavy atom. The van der Waals surface area contributed by atoms with Crippen molar-refractivity contribution >= 4 is 12.4 Å². The van der Waals surface area contributed by atoms with Gasteiger partial charge < -0.3 is 15.0 Å². The molecule has 2 rings (SSSR count). The zero-order chi connectivity index (χ0) is 8.06. The van der Waals surface area contributed by atoms with Crippen molar-refractivity contribution in [3.05, 3.63) is 5.21 Å². The van der Waals surface area contributed by atoms with Gasteiger partial charge in [-0.05, 0) is 0 Å². The lowest BCUT2D eigenvalue weighted by Crippen LogP contribution is -2.54. The molecule has 0 radical (unpaired) electrons. The van der Waals surface area contributed by atoms with Crippen LogP contribution in [0.15, 0.2) is 0 Å². The van der Waals surface area contributed by atoms with Gasteiger partial charge in [-0.1, -0.05) is 0 Å². The number of halogens is 1. The molecule has 0 saturated carbocycles. The summed E-state index contributed by atoms with van der Waals surface area (Å²) in [6.07, 6.45) is 3.27. The number of aliphatic hydroxyl groups is 1. The normalized spacial score (nSPS) is 51.8. The summed E-state index contributed by atoms with van der Waals surface area (Å²) in [4.78, 5) is 0. The fraction of sp³-hybridized carbons (Fsp3) is 1.00. The van der Waals surface area contributed by atoms with E-state index in [9.17, 15) is 10.3 Å². The lowest BCUT2D eigenvalue weighted by molar-refractivity contribution is -0.903. The van der Waals surface area contributed by atoms with Crippen LogP contribution < -0.4 is 0 Å². The average Bonchev–Trinajstić information content (AvgIpc) is 2.19. The summed E-state index contributed by atoms with van der Waals surface area (Å²) in [7, 11) is 1.76. The third kappa shape index (κ3) is 1.35. The summed E-state index contributed by atoms with van der Waals surface area (Å²) in [5, 5.41) is 21.2. The van der Waals surface area contributed by atoms with Crippen LogP contribution >= 0.6 is 12.4 Å². The molecule has 2 aliphatic heterocycles. The van der Waals surface area contributed by atoms with Crippen LogP contribution in [0, 0.1) is 5.21 Å². The second-order valence-electron chi connectivity index (χ2n) is 4.07. The SMILES string of the molecule is C[N+]1([O-])C2CCC1CC(O)C2.Cl. The van der Waals surface area contributed by atoms with Crippen LogP contribution in [-0.4, -0.2) is 35.0 Å². The Balaban J connectivity index is 0.000000720. The summed E-state index contributed by atoms with van der Waals surface area (Å²) in [6.45, 7) is 0. The van der Waals surface area contributed by atoms with E-state index in [1.54, 1.807) is 7.05 Å². The molecule has 0 aromatic rings. The molecule has 3 nitrogen and oxygen atoms in total. The van der Waals surface area contributed by atoms with Crippen LogP contribution in [0.4, 0.5) is 0 Å². The van der Waals surface area contributed by atoms with E-state index >= 15 is 0 Å². The minimum absolute atomic E-state index is 0. The highest BCUT2D eigenvalue weighted by atomic mass is 35.5. The van der Waals surface area contributed by atoms with E-state index in [2.05, 4.69) is 0 Å². The summed E-state index contributed by atoms with van der Waals surface area (Å²) >= 11 is 0. The first-order valence-corrected chi connectivity index (χ1v) is 4.35. The fourth-order valence-electron chi connectivity index (χ4n) is 2.57. The molecule has 0 aromatic heterocycles. The summed E-state index contributed by atoms with van der Waals surface area (Å²) in [5.41, 5.74) is 0. The molecule has 0 aromatic carbocycles. The molecule has 2 bridgehead atoms. The number of aliphatic hydroxyl groups excluding tert-OH is 1. The van der Waals surface area contributed by atoms with Crippen LogP contribution in [0.1, 0.15) is 25.7 Å². The van der Waals surface area contributed by atoms with E-state index < -0.39 is 0 Å². The Morgan fingerprint density at radius 3 is 2.08 bits per heavy atom. The maximum Gasteiger partial charge on any atom is 0.0914 e. The van der Waals surface area contributed by atoms with E-state index in [4.69, 9.17) is 0 Å². The van der Waals surface area contributed by atoms with Gasteiger partial charge in [-0.25, -0.2) is 0 Å². The van der Waals surface area contributed by atoms with Crippen LogP contribution in [0.3, 0.4) is 0 Å². The summed E-state index contributed by atoms with van der Waals surface area (Å²) in [5.74, 6) is 0. The quantitative estimate of drug-likeness (QED) is 0.462. The summed E-state index contributed by atoms with van der Waals surface area (Å²) < 4.78 is -0.0862. The predicted octanol–water partition coefficient (Wildman–Crippen LogP) is 1.04. The van der Waals surface area contributed by atoms with Gasteiger partial charge >= 0.3 is 0 Å². The van der Waals surface area contributed by atoms with Crippen molar-refractivity contribution in [2.24, 2.45) is 0 Å². The van der Waals surface area contributed by atoms with Gasteiger partial charge in [0, 0.05) is 25.7 Å². The highest BCUT2D eigenvalue weighted by Gasteiger charge is 2.45. The average molecular weight is 194 g/mol. The van der Waals surface area contributed by atoms with Crippen molar-refractivity contribution in [1.82, 2.24) is 0 Å². The molecular formula is C8H16ClNO2. The van der Waals surface area contributed by atoms with Gasteiger partial charge in [-0.15, -0.1) is 12.4 Å². The maximum absolute atomic E-state index is 11.8. The highest BCUT2D eigenvalue weighted by molar-refractivity contribution is 5.85. The lowest BCUT2D eigenvalue weighted by atomic mass is 10.0. The van der Waals surface area contributed by atoms with Gasteiger partial charge in [0.15, 0.2) is 0 Å². The molecule has 0 amide bonds. The van der Waals surface area contributed by atoms with Gasteiger partial charge in [0.1, 0.15) is 0 Å². The topological polar surface area (TPSA) is 43.3 Å². The Labute approximate surface area is 78.9 Å². The first-order valence-electron chi connectivity index (χ1n) is 4.35. The molecule has 2 aliphatic rings. The largest absolute Gasteiger partial charge is 0.633 e. The minimum Gasteiger partial charge on any atom is -0.633 e. The van der Waals surface area contributed by atoms with Crippen LogP contribution in [0.5, 0.6) is 0 Å². The molecule has 12 heavy (non-hydrogen) atoms. The van der Waals surface area contributed by atoms with Gasteiger partial charge in [0.25, 0.3) is 0 Å². The molecule has 1 N–H and O–H groups in total. The van der Waals surface area contributed by atoms with E-state index in [-0.39, 0.29) is 35.2 Å². The number of quaternary nitrogens is 1. The van der Waals surface area contributed by atoms with Crippen molar-refractivity contribution in [3.63, 3.8) is 0 Å². The second kappa shape index (κ2) is 3.14. The smallest absolute Gasteiger partial charge is 0.0914 e. The number of fused-ring (bicyclic) bond motifs is 2. The molecule has 72 valence electrons. The molecule has 2 fully saturated rings. The molecular weight excluding hydrogens is 178 g/mol. The van der Waals surface area contributed by atoms with E-state index in [1.165, 1.54) is 0 Å². The third-order valence-electron chi connectivity index (χ3n) is 3.37. The Hall–Kier alpha value is 0.170. The fourth-order valence-corrected chi connectivity index (χ4v) is 2.57. The molecule has 0 spiro atoms. The zero-order valence-electron chi connectivity index (χ0n) is 7.27. The minimum atomic E-state index is -0.201. The van der Waals surface area contributed by atoms with Crippen molar-refractivity contribution in [2.45, 2.75) is 43.9 Å². The van der Waals surface area contributed by atoms with Gasteiger partial charge in [-0.2, -0.15) is 0 Å². The van der Waals surface area contributed by atoms with Crippen LogP contribution in [0.25, 0.3) is 0 Å². The Morgan fingerprint density at radius 2 is 1.67 bits per heavy atom. The highest BCUT2D eigenvalue weighted by Crippen LogP contribution is 2.39. The lowest BCUT2D eigenvalue weighted by Gasteiger charge is -2.49. The number of nitrogens with zero attached hydrogens (tertiary/aromatic N) is 1. The number of hydrogen-bond acceptors (Lipinski definition) is 2. The molecule has 2 saturated heterocycles. The number of hydroxylamine groups is 3. The van der Waals surface area contributed by atoms with Crippen molar-refractivity contribution in [3.8, 4) is 0 Å². The first-order chi connectivity index (χ1) is 5.10. The first kappa shape index (κ1) is 10.3. The molecule has 4 heteroatoms. The van der Waals surface area contributed by atoms with Crippen molar-refractivity contribution < 1.29 is 9.75 Å². The Bertz CT molecular complexity index is 158. The second-order valence-corrected chi connectivity index (χ2v) is 4.07. The molecule has 2 heterocycles. The van der Waals surface area contributed by atoms with Crippen LogP contribution in [0.2, 0.25) is 0 Å². The standard InChI is InChI=1S/C8H15NO2.ClH/c1-9(11)6-2-3-7(9)5-8(10)4-6;/h6-8,10H,2-5H2,1H3;1H. The van der Waals surface area contributed by atoms with E-state index in [1.807, 2.05) is 0 Å². The van der Waals surface area contributed by atoms with Gasteiger partial charge in [-0.3, -0.25) is 0 Å². The number of piperidine rings is 1.